The Morgan fingerprint density at radius 2 is 1.64 bits per heavy atom. The van der Waals surface area contributed by atoms with Gasteiger partial charge in [-0.3, -0.25) is 4.79 Å². The largest absolute Gasteiger partial charge is 0.484 e. The van der Waals surface area contributed by atoms with Gasteiger partial charge in [-0.05, 0) is 84.8 Å². The van der Waals surface area contributed by atoms with E-state index in [1.807, 2.05) is 61.5 Å². The predicted octanol–water partition coefficient (Wildman–Crippen LogP) is 6.74. The summed E-state index contributed by atoms with van der Waals surface area (Å²) in [5.74, 6) is 0.973. The summed E-state index contributed by atoms with van der Waals surface area (Å²) < 4.78 is 11.7. The van der Waals surface area contributed by atoms with Crippen LogP contribution in [0.3, 0.4) is 0 Å². The van der Waals surface area contributed by atoms with E-state index >= 15 is 0 Å². The van der Waals surface area contributed by atoms with Gasteiger partial charge < -0.3 is 14.5 Å². The maximum Gasteiger partial charge on any atom is 0.262 e. The third-order valence-electron chi connectivity index (χ3n) is 5.85. The molecule has 0 bridgehead atoms. The van der Waals surface area contributed by atoms with Crippen molar-refractivity contribution in [1.29, 1.82) is 0 Å². The van der Waals surface area contributed by atoms with Crippen molar-refractivity contribution in [3.05, 3.63) is 76.9 Å². The molecule has 170 valence electrons. The molecule has 3 aromatic carbocycles. The molecular formula is C28H30N2O3. The molecule has 1 N–H and O–H groups in total. The van der Waals surface area contributed by atoms with Crippen molar-refractivity contribution in [2.24, 2.45) is 0 Å². The molecule has 0 aliphatic rings. The number of rotatable bonds is 5. The molecule has 4 rings (SSSR count). The van der Waals surface area contributed by atoms with Gasteiger partial charge in [-0.15, -0.1) is 0 Å². The second-order valence-corrected chi connectivity index (χ2v) is 9.56. The van der Waals surface area contributed by atoms with E-state index in [1.54, 1.807) is 0 Å². The van der Waals surface area contributed by atoms with Gasteiger partial charge in [-0.2, -0.15) is 0 Å². The summed E-state index contributed by atoms with van der Waals surface area (Å²) >= 11 is 0. The monoisotopic (exact) mass is 442 g/mol. The van der Waals surface area contributed by atoms with Gasteiger partial charge in [0.05, 0.1) is 0 Å². The van der Waals surface area contributed by atoms with Crippen LogP contribution in [0.25, 0.3) is 22.6 Å². The third kappa shape index (κ3) is 5.08. The van der Waals surface area contributed by atoms with Gasteiger partial charge in [-0.25, -0.2) is 4.98 Å². The number of aromatic nitrogens is 1. The van der Waals surface area contributed by atoms with E-state index in [1.165, 1.54) is 11.1 Å². The number of fused-ring (bicyclic) bond motifs is 1. The van der Waals surface area contributed by atoms with E-state index in [0.717, 1.165) is 27.8 Å². The number of nitrogens with one attached hydrogen (secondary N) is 1. The van der Waals surface area contributed by atoms with Gasteiger partial charge >= 0.3 is 0 Å². The van der Waals surface area contributed by atoms with Gasteiger partial charge in [0.15, 0.2) is 12.2 Å². The first kappa shape index (κ1) is 22.6. The zero-order chi connectivity index (χ0) is 23.8. The summed E-state index contributed by atoms with van der Waals surface area (Å²) in [7, 11) is 0. The van der Waals surface area contributed by atoms with Crippen LogP contribution in [0.5, 0.6) is 5.75 Å². The number of hydrogen-bond acceptors (Lipinski definition) is 4. The van der Waals surface area contributed by atoms with E-state index in [2.05, 4.69) is 44.9 Å². The van der Waals surface area contributed by atoms with E-state index in [4.69, 9.17) is 9.15 Å². The number of oxazole rings is 1. The highest BCUT2D eigenvalue weighted by atomic mass is 16.5. The minimum Gasteiger partial charge on any atom is -0.484 e. The molecule has 33 heavy (non-hydrogen) atoms. The summed E-state index contributed by atoms with van der Waals surface area (Å²) in [6.07, 6.45) is 0. The van der Waals surface area contributed by atoms with Gasteiger partial charge in [0.1, 0.15) is 11.3 Å². The first-order valence-corrected chi connectivity index (χ1v) is 11.1. The van der Waals surface area contributed by atoms with Crippen molar-refractivity contribution in [2.75, 3.05) is 11.9 Å². The Hall–Kier alpha value is -3.60. The molecule has 0 saturated carbocycles. The highest BCUT2D eigenvalue weighted by Crippen LogP contribution is 2.29. The van der Waals surface area contributed by atoms with Crippen molar-refractivity contribution in [3.63, 3.8) is 0 Å². The average molecular weight is 443 g/mol. The van der Waals surface area contributed by atoms with Gasteiger partial charge in [0, 0.05) is 11.3 Å². The van der Waals surface area contributed by atoms with Crippen molar-refractivity contribution in [1.82, 2.24) is 4.98 Å². The summed E-state index contributed by atoms with van der Waals surface area (Å²) in [6, 6.07) is 17.7. The summed E-state index contributed by atoms with van der Waals surface area (Å²) in [5.41, 5.74) is 7.67. The Balaban J connectivity index is 1.46. The number of anilines is 1. The van der Waals surface area contributed by atoms with Crippen LogP contribution in [0.15, 0.2) is 59.0 Å². The fourth-order valence-corrected chi connectivity index (χ4v) is 3.58. The number of hydrogen-bond donors (Lipinski definition) is 1. The molecule has 5 nitrogen and oxygen atoms in total. The number of nitrogens with zero attached hydrogens (tertiary/aromatic N) is 1. The predicted molar refractivity (Wildman–Crippen MR) is 133 cm³/mol. The van der Waals surface area contributed by atoms with Crippen LogP contribution >= 0.6 is 0 Å². The molecular weight excluding hydrogens is 412 g/mol. The number of carbonyl (C=O) groups excluding carboxylic acids is 1. The molecule has 0 atom stereocenters. The lowest BCUT2D eigenvalue weighted by atomic mass is 9.87. The van der Waals surface area contributed by atoms with Crippen LogP contribution in [-0.2, 0) is 10.2 Å². The average Bonchev–Trinajstić information content (AvgIpc) is 3.16. The molecule has 5 heteroatoms. The highest BCUT2D eigenvalue weighted by molar-refractivity contribution is 5.93. The lowest BCUT2D eigenvalue weighted by molar-refractivity contribution is -0.118. The molecule has 0 aliphatic carbocycles. The molecule has 0 aliphatic heterocycles. The second kappa shape index (κ2) is 8.74. The van der Waals surface area contributed by atoms with Crippen molar-refractivity contribution < 1.29 is 13.9 Å². The lowest BCUT2D eigenvalue weighted by Crippen LogP contribution is -2.20. The van der Waals surface area contributed by atoms with Crippen LogP contribution < -0.4 is 10.1 Å². The van der Waals surface area contributed by atoms with Crippen molar-refractivity contribution in [2.45, 2.75) is 47.0 Å². The molecule has 0 unspecified atom stereocenters. The molecule has 0 spiro atoms. The summed E-state index contributed by atoms with van der Waals surface area (Å²) in [5, 5.41) is 2.94. The first-order chi connectivity index (χ1) is 15.6. The Bertz CT molecular complexity index is 1270. The maximum absolute atomic E-state index is 12.6. The summed E-state index contributed by atoms with van der Waals surface area (Å²) in [6.45, 7) is 12.5. The quantitative estimate of drug-likeness (QED) is 0.372. The van der Waals surface area contributed by atoms with Gasteiger partial charge in [-0.1, -0.05) is 39.0 Å². The Morgan fingerprint density at radius 3 is 2.33 bits per heavy atom. The fraction of sp³-hybridized carbons (Fsp3) is 0.286. The van der Waals surface area contributed by atoms with Crippen LogP contribution in [-0.4, -0.2) is 17.5 Å². The highest BCUT2D eigenvalue weighted by Gasteiger charge is 2.14. The van der Waals surface area contributed by atoms with Gasteiger partial charge in [0.2, 0.25) is 5.89 Å². The van der Waals surface area contributed by atoms with Crippen LogP contribution in [0.1, 0.15) is 43.0 Å². The van der Waals surface area contributed by atoms with E-state index in [-0.39, 0.29) is 17.9 Å². The first-order valence-electron chi connectivity index (χ1n) is 11.1. The Morgan fingerprint density at radius 1 is 0.939 bits per heavy atom. The number of amides is 1. The summed E-state index contributed by atoms with van der Waals surface area (Å²) in [4.78, 5) is 17.2. The van der Waals surface area contributed by atoms with E-state index in [9.17, 15) is 4.79 Å². The Labute approximate surface area is 194 Å². The molecule has 1 heterocycles. The molecule has 0 saturated heterocycles. The number of carbonyl (C=O) groups is 1. The second-order valence-electron chi connectivity index (χ2n) is 9.56. The topological polar surface area (TPSA) is 64.4 Å². The smallest absolute Gasteiger partial charge is 0.262 e. The molecule has 0 radical (unpaired) electrons. The van der Waals surface area contributed by atoms with E-state index < -0.39 is 0 Å². The van der Waals surface area contributed by atoms with Gasteiger partial charge in [0.25, 0.3) is 5.91 Å². The van der Waals surface area contributed by atoms with Crippen LogP contribution in [0, 0.1) is 20.8 Å². The number of ether oxygens (including phenoxy) is 1. The minimum atomic E-state index is -0.223. The maximum atomic E-state index is 12.6. The van der Waals surface area contributed by atoms with Crippen molar-refractivity contribution >= 4 is 22.7 Å². The lowest BCUT2D eigenvalue weighted by Gasteiger charge is -2.19. The molecule has 0 fully saturated rings. The fourth-order valence-electron chi connectivity index (χ4n) is 3.58. The van der Waals surface area contributed by atoms with Crippen LogP contribution in [0.2, 0.25) is 0 Å². The molecule has 1 aromatic heterocycles. The SMILES string of the molecule is Cc1cc2nc(-c3ccc(C)c(NC(=O)COc4ccc(C(C)(C)C)cc4)c3)oc2cc1C. The Kier molecular flexibility index (Phi) is 5.98. The normalized spacial score (nSPS) is 11.6. The molecule has 1 amide bonds. The zero-order valence-electron chi connectivity index (χ0n) is 20.1. The van der Waals surface area contributed by atoms with E-state index in [0.29, 0.717) is 17.3 Å². The number of benzene rings is 3. The zero-order valence-corrected chi connectivity index (χ0v) is 20.1. The van der Waals surface area contributed by atoms with Crippen molar-refractivity contribution in [3.8, 4) is 17.2 Å². The minimum absolute atomic E-state index is 0.0695. The standard InChI is InChI=1S/C28H30N2O3/c1-17-7-8-20(27-30-24-13-18(2)19(3)14-25(24)33-27)15-23(17)29-26(31)16-32-22-11-9-21(10-12-22)28(4,5)6/h7-15H,16H2,1-6H3,(H,29,31). The molecule has 4 aromatic rings. The van der Waals surface area contributed by atoms with Crippen LogP contribution in [0.4, 0.5) is 5.69 Å². The number of aryl methyl sites for hydroxylation is 3. The third-order valence-corrected chi connectivity index (χ3v) is 5.85.